The standard InChI is InChI=1S/C15H17FN2OS/c1-9-5-7-18(8-6-9)15(19)14-13(17)12-10(16)3-2-4-11(12)20-14/h2-4,9H,5-8,17H2,1H3. The molecule has 3 nitrogen and oxygen atoms in total. The molecule has 1 saturated heterocycles. The Morgan fingerprint density at radius 1 is 1.40 bits per heavy atom. The quantitative estimate of drug-likeness (QED) is 0.874. The summed E-state index contributed by atoms with van der Waals surface area (Å²) in [6.45, 7) is 3.72. The van der Waals surface area contributed by atoms with E-state index < -0.39 is 0 Å². The van der Waals surface area contributed by atoms with Crippen LogP contribution in [0.25, 0.3) is 10.1 Å². The second-order valence-corrected chi connectivity index (χ2v) is 6.48. The Kier molecular flexibility index (Phi) is 3.38. The third-order valence-corrected chi connectivity index (χ3v) is 5.13. The van der Waals surface area contributed by atoms with Crippen LogP contribution in [0.5, 0.6) is 0 Å². The number of benzene rings is 1. The van der Waals surface area contributed by atoms with Crippen molar-refractivity contribution in [1.29, 1.82) is 0 Å². The zero-order valence-electron chi connectivity index (χ0n) is 11.4. The van der Waals surface area contributed by atoms with E-state index in [0.717, 1.165) is 30.6 Å². The van der Waals surface area contributed by atoms with Gasteiger partial charge in [0.2, 0.25) is 0 Å². The molecule has 1 aliphatic heterocycles. The van der Waals surface area contributed by atoms with Gasteiger partial charge in [-0.25, -0.2) is 4.39 Å². The third-order valence-electron chi connectivity index (χ3n) is 3.97. The Hall–Kier alpha value is -1.62. The Bertz CT molecular complexity index is 659. The van der Waals surface area contributed by atoms with Gasteiger partial charge in [0.25, 0.3) is 5.91 Å². The van der Waals surface area contributed by atoms with Crippen molar-refractivity contribution >= 4 is 33.0 Å². The minimum Gasteiger partial charge on any atom is -0.397 e. The first kappa shape index (κ1) is 13.4. The number of nitrogens with zero attached hydrogens (tertiary/aromatic N) is 1. The van der Waals surface area contributed by atoms with Crippen LogP contribution in [0.1, 0.15) is 29.4 Å². The van der Waals surface area contributed by atoms with Gasteiger partial charge >= 0.3 is 0 Å². The number of fused-ring (bicyclic) bond motifs is 1. The molecule has 2 aromatic rings. The Morgan fingerprint density at radius 2 is 2.10 bits per heavy atom. The highest BCUT2D eigenvalue weighted by atomic mass is 32.1. The number of piperidine rings is 1. The van der Waals surface area contributed by atoms with Crippen molar-refractivity contribution in [2.24, 2.45) is 5.92 Å². The number of hydrogen-bond donors (Lipinski definition) is 1. The molecular weight excluding hydrogens is 275 g/mol. The molecule has 1 amide bonds. The highest BCUT2D eigenvalue weighted by Gasteiger charge is 2.26. The molecule has 20 heavy (non-hydrogen) atoms. The summed E-state index contributed by atoms with van der Waals surface area (Å²) in [7, 11) is 0. The second-order valence-electron chi connectivity index (χ2n) is 5.43. The summed E-state index contributed by atoms with van der Waals surface area (Å²) in [6, 6.07) is 4.82. The topological polar surface area (TPSA) is 46.3 Å². The molecule has 3 rings (SSSR count). The fraction of sp³-hybridized carbons (Fsp3) is 0.400. The predicted octanol–water partition coefficient (Wildman–Crippen LogP) is 3.49. The van der Waals surface area contributed by atoms with Crippen LogP contribution in [0.3, 0.4) is 0 Å². The van der Waals surface area contributed by atoms with E-state index in [9.17, 15) is 9.18 Å². The number of nitrogen functional groups attached to an aromatic ring is 1. The van der Waals surface area contributed by atoms with E-state index in [0.29, 0.717) is 16.2 Å². The molecule has 106 valence electrons. The van der Waals surface area contributed by atoms with Crippen LogP contribution in [-0.4, -0.2) is 23.9 Å². The van der Waals surface area contributed by atoms with Gasteiger partial charge in [-0.15, -0.1) is 11.3 Å². The number of hydrogen-bond acceptors (Lipinski definition) is 3. The molecule has 0 radical (unpaired) electrons. The van der Waals surface area contributed by atoms with Crippen LogP contribution in [-0.2, 0) is 0 Å². The molecule has 1 aromatic heterocycles. The molecule has 2 N–H and O–H groups in total. The molecule has 0 aliphatic carbocycles. The average molecular weight is 292 g/mol. The maximum absolute atomic E-state index is 13.8. The van der Waals surface area contributed by atoms with Crippen molar-refractivity contribution in [3.63, 3.8) is 0 Å². The molecule has 2 heterocycles. The monoisotopic (exact) mass is 292 g/mol. The summed E-state index contributed by atoms with van der Waals surface area (Å²) in [4.78, 5) is 14.8. The largest absolute Gasteiger partial charge is 0.397 e. The predicted molar refractivity (Wildman–Crippen MR) is 80.5 cm³/mol. The Labute approximate surface area is 121 Å². The highest BCUT2D eigenvalue weighted by molar-refractivity contribution is 7.21. The van der Waals surface area contributed by atoms with E-state index in [1.54, 1.807) is 12.1 Å². The van der Waals surface area contributed by atoms with Crippen molar-refractivity contribution < 1.29 is 9.18 Å². The highest BCUT2D eigenvalue weighted by Crippen LogP contribution is 2.36. The van der Waals surface area contributed by atoms with Gasteiger partial charge in [-0.1, -0.05) is 13.0 Å². The van der Waals surface area contributed by atoms with Gasteiger partial charge in [0, 0.05) is 17.8 Å². The zero-order chi connectivity index (χ0) is 14.3. The summed E-state index contributed by atoms with van der Waals surface area (Å²) in [5, 5.41) is 0.381. The van der Waals surface area contributed by atoms with E-state index in [1.165, 1.54) is 17.4 Å². The molecule has 0 atom stereocenters. The normalized spacial score (nSPS) is 16.8. The molecule has 0 spiro atoms. The molecule has 0 saturated carbocycles. The molecule has 0 bridgehead atoms. The first-order valence-electron chi connectivity index (χ1n) is 6.83. The number of likely N-dealkylation sites (tertiary alicyclic amines) is 1. The number of anilines is 1. The van der Waals surface area contributed by atoms with Crippen molar-refractivity contribution in [3.05, 3.63) is 28.9 Å². The maximum Gasteiger partial charge on any atom is 0.266 e. The van der Waals surface area contributed by atoms with Gasteiger partial charge < -0.3 is 10.6 Å². The number of halogens is 1. The SMILES string of the molecule is CC1CCN(C(=O)c2sc3cccc(F)c3c2N)CC1. The van der Waals surface area contributed by atoms with Gasteiger partial charge in [0.05, 0.1) is 11.1 Å². The van der Waals surface area contributed by atoms with Crippen molar-refractivity contribution in [3.8, 4) is 0 Å². The number of nitrogens with two attached hydrogens (primary N) is 1. The van der Waals surface area contributed by atoms with Crippen molar-refractivity contribution in [1.82, 2.24) is 4.90 Å². The lowest BCUT2D eigenvalue weighted by Gasteiger charge is -2.30. The van der Waals surface area contributed by atoms with Gasteiger partial charge in [0.15, 0.2) is 0 Å². The third kappa shape index (κ3) is 2.16. The number of thiophene rings is 1. The summed E-state index contributed by atoms with van der Waals surface area (Å²) >= 11 is 1.28. The van der Waals surface area contributed by atoms with Gasteiger partial charge in [-0.2, -0.15) is 0 Å². The van der Waals surface area contributed by atoms with Crippen LogP contribution in [0, 0.1) is 11.7 Å². The lowest BCUT2D eigenvalue weighted by Crippen LogP contribution is -2.37. The molecular formula is C15H17FN2OS. The molecule has 1 fully saturated rings. The molecule has 0 unspecified atom stereocenters. The maximum atomic E-state index is 13.8. The fourth-order valence-corrected chi connectivity index (χ4v) is 3.75. The summed E-state index contributed by atoms with van der Waals surface area (Å²) in [6.07, 6.45) is 2.04. The van der Waals surface area contributed by atoms with Crippen molar-refractivity contribution in [2.75, 3.05) is 18.8 Å². The second kappa shape index (κ2) is 5.05. The number of rotatable bonds is 1. The number of carbonyl (C=O) groups excluding carboxylic acids is 1. The molecule has 5 heteroatoms. The van der Waals surface area contributed by atoms with E-state index in [-0.39, 0.29) is 17.4 Å². The zero-order valence-corrected chi connectivity index (χ0v) is 12.2. The van der Waals surface area contributed by atoms with Crippen LogP contribution >= 0.6 is 11.3 Å². The first-order valence-corrected chi connectivity index (χ1v) is 7.65. The summed E-state index contributed by atoms with van der Waals surface area (Å²) in [5.74, 6) is 0.244. The lowest BCUT2D eigenvalue weighted by molar-refractivity contribution is 0.0703. The molecule has 1 aliphatic rings. The smallest absolute Gasteiger partial charge is 0.266 e. The minimum absolute atomic E-state index is 0.0602. The van der Waals surface area contributed by atoms with Gasteiger partial charge in [-0.3, -0.25) is 4.79 Å². The van der Waals surface area contributed by atoms with E-state index in [2.05, 4.69) is 6.92 Å². The van der Waals surface area contributed by atoms with Gasteiger partial charge in [-0.05, 0) is 30.9 Å². The number of amides is 1. The van der Waals surface area contributed by atoms with Crippen LogP contribution in [0.15, 0.2) is 18.2 Å². The first-order chi connectivity index (χ1) is 9.58. The van der Waals surface area contributed by atoms with Gasteiger partial charge in [0.1, 0.15) is 10.7 Å². The fourth-order valence-electron chi connectivity index (χ4n) is 2.64. The minimum atomic E-state index is -0.359. The average Bonchev–Trinajstić information content (AvgIpc) is 2.77. The Morgan fingerprint density at radius 3 is 2.75 bits per heavy atom. The van der Waals surface area contributed by atoms with E-state index >= 15 is 0 Å². The van der Waals surface area contributed by atoms with Crippen LogP contribution in [0.4, 0.5) is 10.1 Å². The Balaban J connectivity index is 1.96. The number of carbonyl (C=O) groups is 1. The summed E-state index contributed by atoms with van der Waals surface area (Å²) < 4.78 is 14.6. The lowest BCUT2D eigenvalue weighted by atomic mass is 9.99. The van der Waals surface area contributed by atoms with Crippen molar-refractivity contribution in [2.45, 2.75) is 19.8 Å². The van der Waals surface area contributed by atoms with Crippen LogP contribution < -0.4 is 5.73 Å². The van der Waals surface area contributed by atoms with E-state index in [1.807, 2.05) is 4.90 Å². The molecule has 1 aromatic carbocycles. The van der Waals surface area contributed by atoms with Crippen LogP contribution in [0.2, 0.25) is 0 Å². The van der Waals surface area contributed by atoms with E-state index in [4.69, 9.17) is 5.73 Å². The summed E-state index contributed by atoms with van der Waals surface area (Å²) in [5.41, 5.74) is 6.28.